The molecule has 0 bridgehead atoms. The van der Waals surface area contributed by atoms with E-state index in [-0.39, 0.29) is 5.92 Å². The molecule has 0 fully saturated rings. The van der Waals surface area contributed by atoms with Gasteiger partial charge in [-0.15, -0.1) is 0 Å². The number of aromatic nitrogens is 2. The summed E-state index contributed by atoms with van der Waals surface area (Å²) in [4.78, 5) is 11.2. The molecule has 4 aromatic rings. The number of ether oxygens (including phenoxy) is 3. The van der Waals surface area contributed by atoms with Gasteiger partial charge in [0.1, 0.15) is 5.75 Å². The van der Waals surface area contributed by atoms with Gasteiger partial charge in [0.2, 0.25) is 0 Å². The molecular formula is C28H27ClN2O5. The van der Waals surface area contributed by atoms with Crippen LogP contribution in [0.1, 0.15) is 25.3 Å². The zero-order chi connectivity index (χ0) is 25.8. The maximum Gasteiger partial charge on any atom is 0.341 e. The van der Waals surface area contributed by atoms with Crippen molar-refractivity contribution in [3.8, 4) is 45.5 Å². The molecule has 3 aromatic carbocycles. The second kappa shape index (κ2) is 10.7. The molecule has 0 atom stereocenters. The number of hydrogen-bond acceptors (Lipinski definition) is 5. The summed E-state index contributed by atoms with van der Waals surface area (Å²) in [5, 5.41) is 14.7. The average Bonchev–Trinajstić information content (AvgIpc) is 3.32. The number of hydrogen-bond donors (Lipinski definition) is 1. The minimum absolute atomic E-state index is 0.258. The van der Waals surface area contributed by atoms with Gasteiger partial charge in [0, 0.05) is 16.1 Å². The summed E-state index contributed by atoms with van der Waals surface area (Å²) in [5.41, 5.74) is 4.71. The van der Waals surface area contributed by atoms with Gasteiger partial charge in [-0.3, -0.25) is 0 Å². The Morgan fingerprint density at radius 1 is 0.972 bits per heavy atom. The molecule has 8 heteroatoms. The number of methoxy groups -OCH3 is 2. The average molecular weight is 507 g/mol. The Balaban J connectivity index is 1.97. The number of nitrogens with zero attached hydrogens (tertiary/aromatic N) is 2. The van der Waals surface area contributed by atoms with Crippen molar-refractivity contribution in [2.24, 2.45) is 0 Å². The number of carboxylic acids is 1. The van der Waals surface area contributed by atoms with E-state index in [0.29, 0.717) is 33.5 Å². The Labute approximate surface area is 214 Å². The van der Waals surface area contributed by atoms with Crippen LogP contribution in [0.2, 0.25) is 5.02 Å². The normalized spacial score (nSPS) is 10.9. The predicted octanol–water partition coefficient (Wildman–Crippen LogP) is 6.46. The molecule has 36 heavy (non-hydrogen) atoms. The Hall–Kier alpha value is -3.97. The molecule has 0 radical (unpaired) electrons. The van der Waals surface area contributed by atoms with Crippen LogP contribution < -0.4 is 14.2 Å². The van der Waals surface area contributed by atoms with Crippen molar-refractivity contribution in [2.45, 2.75) is 19.8 Å². The first-order valence-electron chi connectivity index (χ1n) is 11.4. The largest absolute Gasteiger partial charge is 0.493 e. The smallest absolute Gasteiger partial charge is 0.341 e. The van der Waals surface area contributed by atoms with Gasteiger partial charge in [-0.1, -0.05) is 37.6 Å². The SMILES string of the molecule is COc1cccc(-c2cc(-c3cc(C(C)C)ccc3OCC(=O)O)nn2-c2ccc(Cl)cc2)c1OC. The van der Waals surface area contributed by atoms with Crippen LogP contribution in [0.4, 0.5) is 0 Å². The van der Waals surface area contributed by atoms with E-state index in [1.54, 1.807) is 37.1 Å². The van der Waals surface area contributed by atoms with Gasteiger partial charge in [0.15, 0.2) is 18.1 Å². The third kappa shape index (κ3) is 5.16. The summed E-state index contributed by atoms with van der Waals surface area (Å²) < 4.78 is 18.7. The van der Waals surface area contributed by atoms with Crippen molar-refractivity contribution in [3.63, 3.8) is 0 Å². The van der Waals surface area contributed by atoms with E-state index in [1.165, 1.54) is 0 Å². The van der Waals surface area contributed by atoms with Crippen molar-refractivity contribution in [1.82, 2.24) is 9.78 Å². The third-order valence-corrected chi connectivity index (χ3v) is 6.01. The number of aliphatic carboxylic acids is 1. The van der Waals surface area contributed by atoms with Crippen molar-refractivity contribution in [1.29, 1.82) is 0 Å². The molecule has 0 unspecified atom stereocenters. The lowest BCUT2D eigenvalue weighted by molar-refractivity contribution is -0.139. The summed E-state index contributed by atoms with van der Waals surface area (Å²) >= 11 is 6.14. The highest BCUT2D eigenvalue weighted by Gasteiger charge is 2.21. The van der Waals surface area contributed by atoms with Crippen LogP contribution in [0.5, 0.6) is 17.2 Å². The molecule has 0 aliphatic rings. The Morgan fingerprint density at radius 3 is 2.36 bits per heavy atom. The highest BCUT2D eigenvalue weighted by atomic mass is 35.5. The highest BCUT2D eigenvalue weighted by molar-refractivity contribution is 6.30. The fraction of sp³-hybridized carbons (Fsp3) is 0.214. The van der Waals surface area contributed by atoms with E-state index in [2.05, 4.69) is 13.8 Å². The van der Waals surface area contributed by atoms with Gasteiger partial charge < -0.3 is 19.3 Å². The van der Waals surface area contributed by atoms with Gasteiger partial charge in [-0.05, 0) is 66.1 Å². The minimum atomic E-state index is -1.05. The molecule has 0 aliphatic heterocycles. The van der Waals surface area contributed by atoms with Crippen molar-refractivity contribution >= 4 is 17.6 Å². The lowest BCUT2D eigenvalue weighted by Crippen LogP contribution is -2.10. The molecule has 7 nitrogen and oxygen atoms in total. The maximum atomic E-state index is 11.2. The van der Waals surface area contributed by atoms with Crippen LogP contribution in [0.15, 0.2) is 66.7 Å². The first kappa shape index (κ1) is 25.1. The molecular weight excluding hydrogens is 480 g/mol. The lowest BCUT2D eigenvalue weighted by Gasteiger charge is -2.14. The zero-order valence-electron chi connectivity index (χ0n) is 20.5. The Bertz CT molecular complexity index is 1380. The monoisotopic (exact) mass is 506 g/mol. The molecule has 1 aromatic heterocycles. The highest BCUT2D eigenvalue weighted by Crippen LogP contribution is 2.41. The van der Waals surface area contributed by atoms with Crippen LogP contribution >= 0.6 is 11.6 Å². The maximum absolute atomic E-state index is 11.2. The van der Waals surface area contributed by atoms with E-state index in [4.69, 9.17) is 30.9 Å². The van der Waals surface area contributed by atoms with Gasteiger partial charge in [-0.25, -0.2) is 9.48 Å². The molecule has 0 saturated heterocycles. The van der Waals surface area contributed by atoms with Crippen LogP contribution in [0, 0.1) is 0 Å². The summed E-state index contributed by atoms with van der Waals surface area (Å²) in [6.45, 7) is 3.73. The lowest BCUT2D eigenvalue weighted by atomic mass is 9.98. The molecule has 0 spiro atoms. The van der Waals surface area contributed by atoms with Crippen LogP contribution in [0.3, 0.4) is 0 Å². The zero-order valence-corrected chi connectivity index (χ0v) is 21.2. The van der Waals surface area contributed by atoms with Crippen LogP contribution in [-0.2, 0) is 4.79 Å². The number of carbonyl (C=O) groups is 1. The van der Waals surface area contributed by atoms with E-state index in [9.17, 15) is 9.90 Å². The molecule has 4 rings (SSSR count). The van der Waals surface area contributed by atoms with E-state index >= 15 is 0 Å². The topological polar surface area (TPSA) is 82.8 Å². The van der Waals surface area contributed by atoms with Gasteiger partial charge in [0.25, 0.3) is 0 Å². The van der Waals surface area contributed by atoms with E-state index < -0.39 is 12.6 Å². The standard InChI is InChI=1S/C28H27ClN2O5/c1-17(2)18-8-13-25(36-16-27(32)33)22(14-18)23-15-24(21-6-5-7-26(34-3)28(21)35-4)31(30-23)20-11-9-19(29)10-12-20/h5-15,17H,16H2,1-4H3,(H,32,33). The number of para-hydroxylation sites is 1. The summed E-state index contributed by atoms with van der Waals surface area (Å²) in [6.07, 6.45) is 0. The number of halogens is 1. The Morgan fingerprint density at radius 2 is 1.72 bits per heavy atom. The Kier molecular flexibility index (Phi) is 7.50. The molecule has 0 amide bonds. The third-order valence-electron chi connectivity index (χ3n) is 5.76. The second-order valence-electron chi connectivity index (χ2n) is 8.44. The van der Waals surface area contributed by atoms with Crippen LogP contribution in [-0.4, -0.2) is 41.7 Å². The predicted molar refractivity (Wildman–Crippen MR) is 140 cm³/mol. The summed E-state index contributed by atoms with van der Waals surface area (Å²) in [7, 11) is 3.18. The summed E-state index contributed by atoms with van der Waals surface area (Å²) in [6, 6.07) is 20.6. The van der Waals surface area contributed by atoms with Crippen molar-refractivity contribution in [2.75, 3.05) is 20.8 Å². The van der Waals surface area contributed by atoms with E-state index in [0.717, 1.165) is 22.5 Å². The number of rotatable bonds is 9. The van der Waals surface area contributed by atoms with Crippen LogP contribution in [0.25, 0.3) is 28.2 Å². The molecule has 0 aliphatic carbocycles. The second-order valence-corrected chi connectivity index (χ2v) is 8.87. The van der Waals surface area contributed by atoms with E-state index in [1.807, 2.05) is 48.5 Å². The number of benzene rings is 3. The fourth-order valence-corrected chi connectivity index (χ4v) is 4.07. The molecule has 0 saturated carbocycles. The summed E-state index contributed by atoms with van der Waals surface area (Å²) in [5.74, 6) is 0.801. The molecule has 186 valence electrons. The first-order chi connectivity index (χ1) is 17.3. The van der Waals surface area contributed by atoms with Gasteiger partial charge in [0.05, 0.1) is 31.3 Å². The molecule has 1 N–H and O–H groups in total. The number of carboxylic acid groups (broad SMARTS) is 1. The first-order valence-corrected chi connectivity index (χ1v) is 11.8. The van der Waals surface area contributed by atoms with Crippen molar-refractivity contribution < 1.29 is 24.1 Å². The van der Waals surface area contributed by atoms with Gasteiger partial charge in [-0.2, -0.15) is 5.10 Å². The van der Waals surface area contributed by atoms with Crippen molar-refractivity contribution in [3.05, 3.63) is 77.3 Å². The fourth-order valence-electron chi connectivity index (χ4n) is 3.94. The minimum Gasteiger partial charge on any atom is -0.493 e. The molecule has 1 heterocycles. The van der Waals surface area contributed by atoms with Gasteiger partial charge >= 0.3 is 5.97 Å². The quantitative estimate of drug-likeness (QED) is 0.280.